The van der Waals surface area contributed by atoms with E-state index in [0.717, 1.165) is 5.56 Å². The predicted molar refractivity (Wildman–Crippen MR) is 89.4 cm³/mol. The molecule has 124 valence electrons. The fourth-order valence-corrected chi connectivity index (χ4v) is 2.34. The van der Waals surface area contributed by atoms with Crippen molar-refractivity contribution in [1.29, 1.82) is 0 Å². The van der Waals surface area contributed by atoms with Gasteiger partial charge in [0.25, 0.3) is 5.91 Å². The number of carbonyl (C=O) groups excluding carboxylic acids is 1. The molecule has 0 aliphatic rings. The molecule has 9 heteroatoms. The second-order valence-corrected chi connectivity index (χ2v) is 5.66. The zero-order valence-corrected chi connectivity index (χ0v) is 14.0. The van der Waals surface area contributed by atoms with E-state index in [4.69, 9.17) is 11.6 Å². The first-order valence-corrected chi connectivity index (χ1v) is 7.80. The van der Waals surface area contributed by atoms with Crippen molar-refractivity contribution in [3.8, 4) is 11.4 Å². The van der Waals surface area contributed by atoms with Crippen LogP contribution in [0.3, 0.4) is 0 Å². The number of nitrogens with zero attached hydrogens (tertiary/aromatic N) is 6. The molecule has 8 nitrogen and oxygen atoms in total. The number of aryl methyl sites for hydroxylation is 1. The molecule has 0 fully saturated rings. The van der Waals surface area contributed by atoms with Gasteiger partial charge in [-0.05, 0) is 35.9 Å². The van der Waals surface area contributed by atoms with Crippen LogP contribution in [0.1, 0.15) is 19.4 Å². The fraction of sp³-hybridized carbons (Fsp3) is 0.267. The van der Waals surface area contributed by atoms with Crippen LogP contribution in [0.2, 0.25) is 5.02 Å². The Morgan fingerprint density at radius 1 is 1.25 bits per heavy atom. The van der Waals surface area contributed by atoms with Gasteiger partial charge in [0.15, 0.2) is 11.9 Å². The molecule has 1 N–H and O–H groups in total. The number of benzene rings is 1. The predicted octanol–water partition coefficient (Wildman–Crippen LogP) is 2.32. The van der Waals surface area contributed by atoms with Crippen LogP contribution >= 0.6 is 11.6 Å². The van der Waals surface area contributed by atoms with Crippen LogP contribution in [0, 0.1) is 0 Å². The molecule has 0 aliphatic heterocycles. The van der Waals surface area contributed by atoms with E-state index in [9.17, 15) is 4.79 Å². The van der Waals surface area contributed by atoms with Crippen molar-refractivity contribution < 1.29 is 4.79 Å². The van der Waals surface area contributed by atoms with Gasteiger partial charge in [0, 0.05) is 29.9 Å². The summed E-state index contributed by atoms with van der Waals surface area (Å²) >= 11 is 5.88. The summed E-state index contributed by atoms with van der Waals surface area (Å²) in [4.78, 5) is 13.8. The Hall–Kier alpha value is -2.74. The van der Waals surface area contributed by atoms with Gasteiger partial charge in [0.05, 0.1) is 0 Å². The van der Waals surface area contributed by atoms with Crippen molar-refractivity contribution in [3.63, 3.8) is 0 Å². The van der Waals surface area contributed by atoms with E-state index >= 15 is 0 Å². The lowest BCUT2D eigenvalue weighted by atomic mass is 10.2. The second-order valence-electron chi connectivity index (χ2n) is 5.23. The number of nitrogens with one attached hydrogen (secondary N) is 1. The van der Waals surface area contributed by atoms with Crippen molar-refractivity contribution in [1.82, 2.24) is 30.0 Å². The molecule has 3 rings (SSSR count). The van der Waals surface area contributed by atoms with E-state index in [1.165, 1.54) is 4.80 Å². The minimum absolute atomic E-state index is 0.240. The topological polar surface area (TPSA) is 90.5 Å². The van der Waals surface area contributed by atoms with Gasteiger partial charge in [0.2, 0.25) is 5.82 Å². The molecular formula is C15H16ClN7O. The summed E-state index contributed by atoms with van der Waals surface area (Å²) in [5.74, 6) is 0.686. The first kappa shape index (κ1) is 16.1. The smallest absolute Gasteiger partial charge is 0.252 e. The average Bonchev–Trinajstić information content (AvgIpc) is 3.18. The molecule has 1 aromatic carbocycles. The Morgan fingerprint density at radius 2 is 2.00 bits per heavy atom. The van der Waals surface area contributed by atoms with Gasteiger partial charge < -0.3 is 5.32 Å². The third-order valence-corrected chi connectivity index (χ3v) is 3.72. The Morgan fingerprint density at radius 3 is 2.62 bits per heavy atom. The van der Waals surface area contributed by atoms with Crippen molar-refractivity contribution >= 4 is 23.3 Å². The molecule has 24 heavy (non-hydrogen) atoms. The maximum Gasteiger partial charge on any atom is 0.252 e. The van der Waals surface area contributed by atoms with E-state index in [2.05, 4.69) is 25.8 Å². The number of hydrogen-bond acceptors (Lipinski definition) is 5. The number of anilines is 1. The van der Waals surface area contributed by atoms with Crippen molar-refractivity contribution in [2.45, 2.75) is 19.4 Å². The number of halogens is 1. The van der Waals surface area contributed by atoms with Crippen LogP contribution in [0.5, 0.6) is 0 Å². The minimum atomic E-state index is -0.569. The Kier molecular flexibility index (Phi) is 4.57. The van der Waals surface area contributed by atoms with E-state index in [-0.39, 0.29) is 5.91 Å². The molecule has 1 amide bonds. The van der Waals surface area contributed by atoms with Crippen LogP contribution in [0.4, 0.5) is 5.82 Å². The standard InChI is InChI=1S/C15H16ClN7O/c1-3-12(15(24)17-13-8-9-22(2)19-13)23-20-14(18-21-23)10-4-6-11(16)7-5-10/h4-9,12H,3H2,1-2H3,(H,17,19,24)/t12-/m0/s1. The van der Waals surface area contributed by atoms with Gasteiger partial charge >= 0.3 is 0 Å². The Balaban J connectivity index is 1.78. The lowest BCUT2D eigenvalue weighted by molar-refractivity contribution is -0.120. The first-order chi connectivity index (χ1) is 11.6. The molecule has 0 aliphatic carbocycles. The van der Waals surface area contributed by atoms with Crippen molar-refractivity contribution in [3.05, 3.63) is 41.6 Å². The number of amides is 1. The van der Waals surface area contributed by atoms with Crippen LogP contribution in [-0.4, -0.2) is 35.9 Å². The molecule has 0 radical (unpaired) electrons. The lowest BCUT2D eigenvalue weighted by Crippen LogP contribution is -2.27. The zero-order chi connectivity index (χ0) is 17.1. The van der Waals surface area contributed by atoms with Crippen LogP contribution in [0.25, 0.3) is 11.4 Å². The Bertz CT molecular complexity index is 840. The van der Waals surface area contributed by atoms with E-state index in [1.807, 2.05) is 6.92 Å². The number of aromatic nitrogens is 6. The highest BCUT2D eigenvalue weighted by Gasteiger charge is 2.22. The number of hydrogen-bond donors (Lipinski definition) is 1. The molecule has 3 aromatic rings. The van der Waals surface area contributed by atoms with Crippen molar-refractivity contribution in [2.75, 3.05) is 5.32 Å². The highest BCUT2D eigenvalue weighted by molar-refractivity contribution is 6.30. The maximum absolute atomic E-state index is 12.4. The summed E-state index contributed by atoms with van der Waals surface area (Å²) in [6, 6.07) is 8.27. The molecule has 0 unspecified atom stereocenters. The fourth-order valence-electron chi connectivity index (χ4n) is 2.22. The molecule has 2 heterocycles. The second kappa shape index (κ2) is 6.79. The Labute approximate surface area is 143 Å². The van der Waals surface area contributed by atoms with E-state index in [1.54, 1.807) is 48.3 Å². The maximum atomic E-state index is 12.4. The monoisotopic (exact) mass is 345 g/mol. The summed E-state index contributed by atoms with van der Waals surface area (Å²) in [6.07, 6.45) is 2.28. The summed E-state index contributed by atoms with van der Waals surface area (Å²) in [7, 11) is 1.78. The quantitative estimate of drug-likeness (QED) is 0.766. The van der Waals surface area contributed by atoms with Crippen LogP contribution in [-0.2, 0) is 11.8 Å². The normalized spacial score (nSPS) is 12.1. The molecule has 0 spiro atoms. The van der Waals surface area contributed by atoms with Crippen LogP contribution in [0.15, 0.2) is 36.5 Å². The molecule has 1 atom stereocenters. The number of tetrazole rings is 1. The SMILES string of the molecule is CC[C@@H](C(=O)Nc1ccn(C)n1)n1nnc(-c2ccc(Cl)cc2)n1. The highest BCUT2D eigenvalue weighted by Crippen LogP contribution is 2.19. The third-order valence-electron chi connectivity index (χ3n) is 3.46. The number of carbonyl (C=O) groups is 1. The van der Waals surface area contributed by atoms with Gasteiger partial charge in [0.1, 0.15) is 0 Å². The molecular weight excluding hydrogens is 330 g/mol. The lowest BCUT2D eigenvalue weighted by Gasteiger charge is -2.12. The van der Waals surface area contributed by atoms with Gasteiger partial charge in [-0.25, -0.2) is 0 Å². The first-order valence-electron chi connectivity index (χ1n) is 7.42. The summed E-state index contributed by atoms with van der Waals surface area (Å²) in [6.45, 7) is 1.88. The average molecular weight is 346 g/mol. The van der Waals surface area contributed by atoms with Crippen molar-refractivity contribution in [2.24, 2.45) is 7.05 Å². The molecule has 2 aromatic heterocycles. The van der Waals surface area contributed by atoms with Gasteiger partial charge in [-0.1, -0.05) is 18.5 Å². The zero-order valence-electron chi connectivity index (χ0n) is 13.2. The van der Waals surface area contributed by atoms with E-state index in [0.29, 0.717) is 23.1 Å². The molecule has 0 saturated carbocycles. The van der Waals surface area contributed by atoms with E-state index < -0.39 is 6.04 Å². The largest absolute Gasteiger partial charge is 0.307 e. The summed E-state index contributed by atoms with van der Waals surface area (Å²) in [5, 5.41) is 19.9. The van der Waals surface area contributed by atoms with Gasteiger partial charge in [-0.3, -0.25) is 9.48 Å². The minimum Gasteiger partial charge on any atom is -0.307 e. The summed E-state index contributed by atoms with van der Waals surface area (Å²) in [5.41, 5.74) is 0.783. The summed E-state index contributed by atoms with van der Waals surface area (Å²) < 4.78 is 1.61. The van der Waals surface area contributed by atoms with Crippen LogP contribution < -0.4 is 5.32 Å². The van der Waals surface area contributed by atoms with Gasteiger partial charge in [-0.2, -0.15) is 9.90 Å². The number of rotatable bonds is 5. The van der Waals surface area contributed by atoms with Gasteiger partial charge in [-0.15, -0.1) is 10.2 Å². The highest BCUT2D eigenvalue weighted by atomic mass is 35.5. The molecule has 0 bridgehead atoms. The third kappa shape index (κ3) is 3.43. The molecule has 0 saturated heterocycles.